The lowest BCUT2D eigenvalue weighted by Gasteiger charge is -2.11. The third-order valence-electron chi connectivity index (χ3n) is 2.36. The Balaban J connectivity index is 3.10. The number of rotatable bonds is 4. The van der Waals surface area contributed by atoms with Crippen LogP contribution in [0.1, 0.15) is 5.56 Å². The summed E-state index contributed by atoms with van der Waals surface area (Å²) in [7, 11) is 2.44. The number of halogens is 2. The van der Waals surface area contributed by atoms with Gasteiger partial charge in [-0.25, -0.2) is 9.59 Å². The minimum absolute atomic E-state index is 0.0343. The van der Waals surface area contributed by atoms with Crippen molar-refractivity contribution in [2.45, 2.75) is 6.92 Å². The lowest BCUT2D eigenvalue weighted by atomic mass is 10.2. The second kappa shape index (κ2) is 7.31. The SMILES string of the molecule is COC(=O)/C=C(/Nc1cc(C)c(Cl)c(Br)c1)C(=O)OC. The molecule has 0 radical (unpaired) electrons. The van der Waals surface area contributed by atoms with E-state index in [1.165, 1.54) is 14.2 Å². The third-order valence-corrected chi connectivity index (χ3v) is 3.71. The minimum atomic E-state index is -0.681. The zero-order chi connectivity index (χ0) is 15.3. The summed E-state index contributed by atoms with van der Waals surface area (Å²) in [6.07, 6.45) is 1.02. The zero-order valence-electron chi connectivity index (χ0n) is 11.1. The average Bonchev–Trinajstić information content (AvgIpc) is 2.42. The number of ether oxygens (including phenoxy) is 2. The first-order valence-electron chi connectivity index (χ1n) is 5.49. The van der Waals surface area contributed by atoms with Gasteiger partial charge in [0, 0.05) is 10.2 Å². The van der Waals surface area contributed by atoms with Crippen molar-refractivity contribution in [3.05, 3.63) is 39.0 Å². The molecule has 0 heterocycles. The molecule has 5 nitrogen and oxygen atoms in total. The number of hydrogen-bond donors (Lipinski definition) is 1. The number of carbonyl (C=O) groups is 2. The van der Waals surface area contributed by atoms with Gasteiger partial charge in [0.15, 0.2) is 0 Å². The summed E-state index contributed by atoms with van der Waals surface area (Å²) >= 11 is 9.33. The normalized spacial score (nSPS) is 10.9. The molecule has 0 fully saturated rings. The van der Waals surface area contributed by atoms with Crippen molar-refractivity contribution in [2.24, 2.45) is 0 Å². The van der Waals surface area contributed by atoms with Gasteiger partial charge in [0.25, 0.3) is 0 Å². The van der Waals surface area contributed by atoms with Crippen LogP contribution in [0, 0.1) is 6.92 Å². The number of benzene rings is 1. The van der Waals surface area contributed by atoms with E-state index in [-0.39, 0.29) is 5.70 Å². The van der Waals surface area contributed by atoms with Gasteiger partial charge in [0.2, 0.25) is 0 Å². The molecule has 1 N–H and O–H groups in total. The molecule has 1 aromatic rings. The van der Waals surface area contributed by atoms with Gasteiger partial charge in [0.1, 0.15) is 5.70 Å². The van der Waals surface area contributed by atoms with Crippen LogP contribution in [0.3, 0.4) is 0 Å². The molecular weight excluding hydrogens is 350 g/mol. The van der Waals surface area contributed by atoms with Gasteiger partial charge in [-0.3, -0.25) is 0 Å². The quantitative estimate of drug-likeness (QED) is 0.659. The fourth-order valence-corrected chi connectivity index (χ4v) is 2.06. The van der Waals surface area contributed by atoms with Crippen LogP contribution < -0.4 is 5.32 Å². The molecule has 20 heavy (non-hydrogen) atoms. The Hall–Kier alpha value is -1.53. The summed E-state index contributed by atoms with van der Waals surface area (Å²) in [5.41, 5.74) is 1.36. The molecule has 1 aromatic carbocycles. The Labute approximate surface area is 130 Å². The summed E-state index contributed by atoms with van der Waals surface area (Å²) < 4.78 is 9.76. The highest BCUT2D eigenvalue weighted by Gasteiger charge is 2.14. The van der Waals surface area contributed by atoms with Crippen molar-refractivity contribution in [1.29, 1.82) is 0 Å². The summed E-state index contributed by atoms with van der Waals surface area (Å²) in [6, 6.07) is 3.42. The van der Waals surface area contributed by atoms with Crippen LogP contribution in [0.4, 0.5) is 5.69 Å². The van der Waals surface area contributed by atoms with E-state index in [0.717, 1.165) is 11.6 Å². The Morgan fingerprint density at radius 2 is 1.95 bits per heavy atom. The highest BCUT2D eigenvalue weighted by atomic mass is 79.9. The van der Waals surface area contributed by atoms with Crippen LogP contribution in [0.2, 0.25) is 5.02 Å². The molecule has 7 heteroatoms. The molecule has 0 saturated carbocycles. The lowest BCUT2D eigenvalue weighted by Crippen LogP contribution is -2.15. The molecule has 0 aliphatic carbocycles. The third kappa shape index (κ3) is 4.25. The second-order valence-electron chi connectivity index (χ2n) is 3.79. The number of carbonyl (C=O) groups excluding carboxylic acids is 2. The molecule has 0 spiro atoms. The molecular formula is C13H13BrClNO4. The number of aryl methyl sites for hydroxylation is 1. The molecule has 0 unspecified atom stereocenters. The number of hydrogen-bond acceptors (Lipinski definition) is 5. The van der Waals surface area contributed by atoms with E-state index >= 15 is 0 Å². The van der Waals surface area contributed by atoms with Crippen molar-refractivity contribution in [3.63, 3.8) is 0 Å². The Morgan fingerprint density at radius 1 is 1.30 bits per heavy atom. The van der Waals surface area contributed by atoms with Crippen LogP contribution in [-0.4, -0.2) is 26.2 Å². The second-order valence-corrected chi connectivity index (χ2v) is 5.02. The average molecular weight is 363 g/mol. The van der Waals surface area contributed by atoms with E-state index in [4.69, 9.17) is 11.6 Å². The van der Waals surface area contributed by atoms with Crippen molar-refractivity contribution in [2.75, 3.05) is 19.5 Å². The molecule has 0 atom stereocenters. The fraction of sp³-hybridized carbons (Fsp3) is 0.231. The maximum Gasteiger partial charge on any atom is 0.354 e. The predicted molar refractivity (Wildman–Crippen MR) is 79.6 cm³/mol. The molecule has 0 aliphatic heterocycles. The van der Waals surface area contributed by atoms with Gasteiger partial charge >= 0.3 is 11.9 Å². The van der Waals surface area contributed by atoms with Crippen LogP contribution in [0.25, 0.3) is 0 Å². The number of nitrogens with one attached hydrogen (secondary N) is 1. The number of anilines is 1. The van der Waals surface area contributed by atoms with E-state index in [1.807, 2.05) is 6.92 Å². The molecule has 0 amide bonds. The standard InChI is InChI=1S/C13H13BrClNO4/c1-7-4-8(5-9(14)12(7)15)16-10(13(18)20-3)6-11(17)19-2/h4-6,16H,1-3H3/b10-6+. The van der Waals surface area contributed by atoms with E-state index in [1.54, 1.807) is 12.1 Å². The Morgan fingerprint density at radius 3 is 2.45 bits per heavy atom. The van der Waals surface area contributed by atoms with Crippen molar-refractivity contribution >= 4 is 45.2 Å². The first-order valence-corrected chi connectivity index (χ1v) is 6.66. The summed E-state index contributed by atoms with van der Waals surface area (Å²) in [6.45, 7) is 1.82. The predicted octanol–water partition coefficient (Wildman–Crippen LogP) is 3.05. The first kappa shape index (κ1) is 16.5. The summed E-state index contributed by atoms with van der Waals surface area (Å²) in [5, 5.41) is 3.38. The van der Waals surface area contributed by atoms with Gasteiger partial charge < -0.3 is 14.8 Å². The van der Waals surface area contributed by atoms with E-state index < -0.39 is 11.9 Å². The minimum Gasteiger partial charge on any atom is -0.466 e. The maximum absolute atomic E-state index is 11.6. The van der Waals surface area contributed by atoms with E-state index in [2.05, 4.69) is 30.7 Å². The van der Waals surface area contributed by atoms with Crippen molar-refractivity contribution < 1.29 is 19.1 Å². The van der Waals surface area contributed by atoms with Gasteiger partial charge in [0.05, 0.1) is 25.3 Å². The highest BCUT2D eigenvalue weighted by Crippen LogP contribution is 2.30. The van der Waals surface area contributed by atoms with E-state index in [9.17, 15) is 9.59 Å². The lowest BCUT2D eigenvalue weighted by molar-refractivity contribution is -0.138. The smallest absolute Gasteiger partial charge is 0.354 e. The van der Waals surface area contributed by atoms with Gasteiger partial charge in [-0.2, -0.15) is 0 Å². The molecule has 0 saturated heterocycles. The van der Waals surface area contributed by atoms with Crippen molar-refractivity contribution in [3.8, 4) is 0 Å². The monoisotopic (exact) mass is 361 g/mol. The molecule has 1 rings (SSSR count). The zero-order valence-corrected chi connectivity index (χ0v) is 13.5. The van der Waals surface area contributed by atoms with Crippen LogP contribution in [0.15, 0.2) is 28.4 Å². The molecule has 108 valence electrons. The van der Waals surface area contributed by atoms with E-state index in [0.29, 0.717) is 15.2 Å². The van der Waals surface area contributed by atoms with Crippen LogP contribution in [-0.2, 0) is 19.1 Å². The molecule has 0 bridgehead atoms. The van der Waals surface area contributed by atoms with Gasteiger partial charge in [-0.05, 0) is 40.5 Å². The van der Waals surface area contributed by atoms with Crippen LogP contribution in [0.5, 0.6) is 0 Å². The number of methoxy groups -OCH3 is 2. The fourth-order valence-electron chi connectivity index (χ4n) is 1.39. The molecule has 0 aromatic heterocycles. The van der Waals surface area contributed by atoms with Gasteiger partial charge in [-0.15, -0.1) is 0 Å². The number of esters is 2. The van der Waals surface area contributed by atoms with Gasteiger partial charge in [-0.1, -0.05) is 11.6 Å². The van der Waals surface area contributed by atoms with Crippen LogP contribution >= 0.6 is 27.5 Å². The topological polar surface area (TPSA) is 64.6 Å². The Bertz CT molecular complexity index is 548. The summed E-state index contributed by atoms with van der Waals surface area (Å²) in [4.78, 5) is 22.9. The first-order chi connectivity index (χ1) is 9.38. The highest BCUT2D eigenvalue weighted by molar-refractivity contribution is 9.10. The maximum atomic E-state index is 11.6. The van der Waals surface area contributed by atoms with Crippen molar-refractivity contribution in [1.82, 2.24) is 0 Å². The summed E-state index contributed by atoms with van der Waals surface area (Å²) in [5.74, 6) is -1.35. The largest absolute Gasteiger partial charge is 0.466 e. The molecule has 0 aliphatic rings. The Kier molecular flexibility index (Phi) is 6.04.